The van der Waals surface area contributed by atoms with Crippen LogP contribution in [0.2, 0.25) is 0 Å². The summed E-state index contributed by atoms with van der Waals surface area (Å²) < 4.78 is 7.32. The molecule has 0 spiro atoms. The lowest BCUT2D eigenvalue weighted by atomic mass is 10.1. The number of nitrogens with zero attached hydrogens (tertiary/aromatic N) is 4. The number of rotatable bonds is 6. The third kappa shape index (κ3) is 5.41. The number of aryl methyl sites for hydroxylation is 1. The van der Waals surface area contributed by atoms with Gasteiger partial charge in [0.1, 0.15) is 17.1 Å². The average Bonchev–Trinajstić information content (AvgIpc) is 3.36. The molecular weight excluding hydrogens is 450 g/mol. The van der Waals surface area contributed by atoms with Gasteiger partial charge in [-0.2, -0.15) is 0 Å². The minimum atomic E-state index is -0.287. The van der Waals surface area contributed by atoms with E-state index in [2.05, 4.69) is 15.3 Å². The molecule has 7 nitrogen and oxygen atoms in total. The Bertz CT molecular complexity index is 1460. The van der Waals surface area contributed by atoms with Crippen molar-refractivity contribution in [1.82, 2.24) is 19.4 Å². The van der Waals surface area contributed by atoms with Crippen LogP contribution in [-0.2, 0) is 6.42 Å². The maximum absolute atomic E-state index is 13.1. The second-order valence-electron chi connectivity index (χ2n) is 7.96. The van der Waals surface area contributed by atoms with Crippen molar-refractivity contribution in [1.29, 1.82) is 0 Å². The number of carbonyl (C=O) groups is 1. The van der Waals surface area contributed by atoms with E-state index in [4.69, 9.17) is 9.72 Å². The van der Waals surface area contributed by atoms with Crippen LogP contribution < -0.4 is 10.1 Å². The molecule has 5 aromatic rings. The van der Waals surface area contributed by atoms with Gasteiger partial charge >= 0.3 is 0 Å². The monoisotopic (exact) mass is 479 g/mol. The summed E-state index contributed by atoms with van der Waals surface area (Å²) >= 11 is 0. The third-order valence-corrected chi connectivity index (χ3v) is 5.61. The molecule has 1 N–H and O–H groups in total. The van der Waals surface area contributed by atoms with Gasteiger partial charge in [-0.1, -0.05) is 38.1 Å². The van der Waals surface area contributed by atoms with Crippen LogP contribution >= 0.6 is 0 Å². The van der Waals surface area contributed by atoms with Crippen LogP contribution in [0.1, 0.15) is 41.2 Å². The number of benzene rings is 1. The lowest BCUT2D eigenvalue weighted by Gasteiger charge is -2.11. The Kier molecular flexibility index (Phi) is 7.70. The lowest BCUT2D eigenvalue weighted by Crippen LogP contribution is -2.16. The Balaban J connectivity index is 0.00000148. The Hall–Kier alpha value is -4.52. The maximum atomic E-state index is 13.1. The Morgan fingerprint density at radius 1 is 1.03 bits per heavy atom. The van der Waals surface area contributed by atoms with Gasteiger partial charge < -0.3 is 14.5 Å². The van der Waals surface area contributed by atoms with Gasteiger partial charge in [-0.15, -0.1) is 0 Å². The zero-order valence-corrected chi connectivity index (χ0v) is 20.9. The van der Waals surface area contributed by atoms with Gasteiger partial charge in [0.25, 0.3) is 5.91 Å². The lowest BCUT2D eigenvalue weighted by molar-refractivity contribution is 0.102. The molecule has 0 aliphatic heterocycles. The van der Waals surface area contributed by atoms with Crippen LogP contribution in [0.15, 0.2) is 85.5 Å². The molecule has 0 atom stereocenters. The van der Waals surface area contributed by atoms with E-state index in [0.29, 0.717) is 23.6 Å². The highest BCUT2D eigenvalue weighted by Gasteiger charge is 2.16. The van der Waals surface area contributed by atoms with Crippen molar-refractivity contribution in [3.05, 3.63) is 108 Å². The molecule has 1 amide bonds. The Labute approximate surface area is 210 Å². The number of nitrogens with one attached hydrogen (secondary N) is 1. The first kappa shape index (κ1) is 24.6. The van der Waals surface area contributed by atoms with E-state index in [0.717, 1.165) is 33.7 Å². The molecule has 0 unspecified atom stereocenters. The van der Waals surface area contributed by atoms with E-state index >= 15 is 0 Å². The topological polar surface area (TPSA) is 81.4 Å². The van der Waals surface area contributed by atoms with Gasteiger partial charge in [-0.05, 0) is 54.4 Å². The van der Waals surface area contributed by atoms with Crippen LogP contribution in [0.25, 0.3) is 16.9 Å². The van der Waals surface area contributed by atoms with Gasteiger partial charge in [0, 0.05) is 42.0 Å². The van der Waals surface area contributed by atoms with Crippen molar-refractivity contribution in [2.75, 3.05) is 12.4 Å². The molecule has 0 radical (unpaired) electrons. The maximum Gasteiger partial charge on any atom is 0.274 e. The van der Waals surface area contributed by atoms with Crippen molar-refractivity contribution in [3.8, 4) is 17.0 Å². The molecule has 0 saturated carbocycles. The zero-order valence-electron chi connectivity index (χ0n) is 20.9. The summed E-state index contributed by atoms with van der Waals surface area (Å²) in [6.45, 7) is 6.04. The summed E-state index contributed by atoms with van der Waals surface area (Å²) in [6, 6.07) is 19.2. The quantitative estimate of drug-likeness (QED) is 0.324. The van der Waals surface area contributed by atoms with Crippen molar-refractivity contribution in [2.45, 2.75) is 27.2 Å². The molecule has 0 saturated heterocycles. The first-order valence-electron chi connectivity index (χ1n) is 11.9. The van der Waals surface area contributed by atoms with Gasteiger partial charge in [0.15, 0.2) is 0 Å². The normalized spacial score (nSPS) is 10.4. The highest BCUT2D eigenvalue weighted by atomic mass is 16.5. The Morgan fingerprint density at radius 3 is 2.53 bits per heavy atom. The fourth-order valence-electron chi connectivity index (χ4n) is 3.84. The zero-order chi connectivity index (χ0) is 25.5. The molecule has 36 heavy (non-hydrogen) atoms. The number of ether oxygens (including phenoxy) is 1. The second-order valence-corrected chi connectivity index (χ2v) is 7.96. The van der Waals surface area contributed by atoms with Gasteiger partial charge in [0.2, 0.25) is 0 Å². The number of methoxy groups -OCH3 is 1. The first-order chi connectivity index (χ1) is 17.6. The number of aromatic nitrogens is 4. The smallest absolute Gasteiger partial charge is 0.274 e. The molecule has 7 heteroatoms. The van der Waals surface area contributed by atoms with Crippen molar-refractivity contribution < 1.29 is 9.53 Å². The minimum Gasteiger partial charge on any atom is -0.495 e. The summed E-state index contributed by atoms with van der Waals surface area (Å²) in [5, 5.41) is 2.95. The molecule has 4 aromatic heterocycles. The SMILES string of the molecule is CC.COc1cnc(C(=O)Nc2ccc(-c3cn4cccc(C)c4n3)cc2)c(Cc2ccccn2)c1. The largest absolute Gasteiger partial charge is 0.495 e. The van der Waals surface area contributed by atoms with Gasteiger partial charge in [0.05, 0.1) is 19.0 Å². The molecule has 5 rings (SSSR count). The third-order valence-electron chi connectivity index (χ3n) is 5.61. The van der Waals surface area contributed by atoms with Crippen LogP contribution in [0.3, 0.4) is 0 Å². The molecule has 0 bridgehead atoms. The predicted octanol–water partition coefficient (Wildman–Crippen LogP) is 5.98. The number of imidazole rings is 1. The number of hydrogen-bond acceptors (Lipinski definition) is 5. The summed E-state index contributed by atoms with van der Waals surface area (Å²) in [6.07, 6.45) is 7.74. The van der Waals surface area contributed by atoms with E-state index in [-0.39, 0.29) is 5.91 Å². The highest BCUT2D eigenvalue weighted by molar-refractivity contribution is 6.04. The highest BCUT2D eigenvalue weighted by Crippen LogP contribution is 2.24. The van der Waals surface area contributed by atoms with Crippen molar-refractivity contribution in [3.63, 3.8) is 0 Å². The van der Waals surface area contributed by atoms with E-state index in [1.807, 2.05) is 98.2 Å². The fourth-order valence-corrected chi connectivity index (χ4v) is 3.84. The van der Waals surface area contributed by atoms with Crippen molar-refractivity contribution in [2.24, 2.45) is 0 Å². The molecule has 0 aliphatic rings. The Morgan fingerprint density at radius 2 is 1.83 bits per heavy atom. The van der Waals surface area contributed by atoms with Crippen LogP contribution in [0.5, 0.6) is 5.75 Å². The van der Waals surface area contributed by atoms with Gasteiger partial charge in [-0.25, -0.2) is 9.97 Å². The molecule has 0 aliphatic carbocycles. The number of amides is 1. The van der Waals surface area contributed by atoms with Crippen LogP contribution in [-0.4, -0.2) is 32.4 Å². The van der Waals surface area contributed by atoms with Gasteiger partial charge in [-0.3, -0.25) is 9.78 Å². The van der Waals surface area contributed by atoms with E-state index in [9.17, 15) is 4.79 Å². The fraction of sp³-hybridized carbons (Fsp3) is 0.172. The number of carbonyl (C=O) groups excluding carboxylic acids is 1. The molecular formula is C29H29N5O2. The molecule has 4 heterocycles. The minimum absolute atomic E-state index is 0.287. The van der Waals surface area contributed by atoms with Crippen molar-refractivity contribution >= 4 is 17.2 Å². The summed E-state index contributed by atoms with van der Waals surface area (Å²) in [7, 11) is 1.58. The molecule has 0 fully saturated rings. The molecule has 1 aromatic carbocycles. The summed E-state index contributed by atoms with van der Waals surface area (Å²) in [5.41, 5.74) is 6.50. The number of anilines is 1. The van der Waals surface area contributed by atoms with E-state index in [1.165, 1.54) is 0 Å². The average molecular weight is 480 g/mol. The number of pyridine rings is 3. The number of hydrogen-bond donors (Lipinski definition) is 1. The first-order valence-corrected chi connectivity index (χ1v) is 11.9. The summed E-state index contributed by atoms with van der Waals surface area (Å²) in [5.74, 6) is 0.305. The predicted molar refractivity (Wildman–Crippen MR) is 142 cm³/mol. The second kappa shape index (κ2) is 11.3. The van der Waals surface area contributed by atoms with E-state index in [1.54, 1.807) is 19.5 Å². The van der Waals surface area contributed by atoms with E-state index < -0.39 is 0 Å². The molecule has 182 valence electrons. The van der Waals surface area contributed by atoms with Crippen LogP contribution in [0.4, 0.5) is 5.69 Å². The standard InChI is InChI=1S/C27H23N5O2.C2H6/c1-18-6-5-13-32-17-24(31-26(18)32)19-8-10-21(11-9-19)30-27(33)25-20(15-23(34-2)16-29-25)14-22-7-3-4-12-28-22;1-2/h3-13,15-17H,14H2,1-2H3,(H,30,33);1-2H3. The summed E-state index contributed by atoms with van der Waals surface area (Å²) in [4.78, 5) is 26.5. The number of fused-ring (bicyclic) bond motifs is 1. The van der Waals surface area contributed by atoms with Crippen LogP contribution in [0, 0.1) is 6.92 Å².